The van der Waals surface area contributed by atoms with E-state index in [9.17, 15) is 9.59 Å². The van der Waals surface area contributed by atoms with Crippen LogP contribution in [-0.2, 0) is 19.1 Å². The van der Waals surface area contributed by atoms with Gasteiger partial charge in [-0.1, -0.05) is 0 Å². The van der Waals surface area contributed by atoms with Gasteiger partial charge in [-0.3, -0.25) is 9.59 Å². The van der Waals surface area contributed by atoms with E-state index in [1.807, 2.05) is 0 Å². The van der Waals surface area contributed by atoms with E-state index in [4.69, 9.17) is 9.47 Å². The Morgan fingerprint density at radius 2 is 2.33 bits per heavy atom. The summed E-state index contributed by atoms with van der Waals surface area (Å²) in [5, 5.41) is 0. The molecule has 2 aliphatic rings. The topological polar surface area (TPSA) is 55.8 Å². The first-order valence-electron chi connectivity index (χ1n) is 5.17. The van der Waals surface area contributed by atoms with Crippen molar-refractivity contribution in [2.45, 2.75) is 18.9 Å². The Hall–Kier alpha value is -1.10. The van der Waals surface area contributed by atoms with Crippen molar-refractivity contribution in [2.75, 3.05) is 26.9 Å². The Kier molecular flexibility index (Phi) is 2.90. The summed E-state index contributed by atoms with van der Waals surface area (Å²) in [6.45, 7) is 1.23. The van der Waals surface area contributed by atoms with Crippen LogP contribution in [0.5, 0.6) is 0 Å². The molecule has 1 amide bonds. The van der Waals surface area contributed by atoms with Crippen molar-refractivity contribution in [1.82, 2.24) is 4.90 Å². The normalized spacial score (nSPS) is 31.0. The second kappa shape index (κ2) is 4.18. The molecule has 0 N–H and O–H groups in total. The third-order valence-electron chi connectivity index (χ3n) is 3.10. The van der Waals surface area contributed by atoms with Crippen LogP contribution in [0.4, 0.5) is 0 Å². The summed E-state index contributed by atoms with van der Waals surface area (Å²) < 4.78 is 9.86. The van der Waals surface area contributed by atoms with Crippen molar-refractivity contribution < 1.29 is 19.1 Å². The maximum atomic E-state index is 11.5. The first-order valence-corrected chi connectivity index (χ1v) is 5.17. The molecule has 0 bridgehead atoms. The number of nitrogens with zero attached hydrogens (tertiary/aromatic N) is 1. The van der Waals surface area contributed by atoms with Gasteiger partial charge in [-0.05, 0) is 12.8 Å². The molecule has 0 spiro atoms. The molecule has 2 heterocycles. The van der Waals surface area contributed by atoms with Crippen molar-refractivity contribution in [3.63, 3.8) is 0 Å². The molecule has 5 nitrogen and oxygen atoms in total. The summed E-state index contributed by atoms with van der Waals surface area (Å²) in [4.78, 5) is 24.6. The quantitative estimate of drug-likeness (QED) is 0.566. The van der Waals surface area contributed by atoms with Crippen LogP contribution < -0.4 is 0 Å². The molecule has 0 aromatic heterocycles. The van der Waals surface area contributed by atoms with E-state index in [2.05, 4.69) is 0 Å². The number of ether oxygens (including phenoxy) is 2. The minimum Gasteiger partial charge on any atom is -0.469 e. The van der Waals surface area contributed by atoms with Crippen molar-refractivity contribution in [2.24, 2.45) is 5.92 Å². The average molecular weight is 213 g/mol. The van der Waals surface area contributed by atoms with E-state index in [1.54, 1.807) is 4.90 Å². The molecule has 2 atom stereocenters. The summed E-state index contributed by atoms with van der Waals surface area (Å²) in [7, 11) is 1.38. The van der Waals surface area contributed by atoms with Crippen LogP contribution in [0.15, 0.2) is 0 Å². The molecule has 2 saturated heterocycles. The summed E-state index contributed by atoms with van der Waals surface area (Å²) in [5.74, 6) is -0.388. The van der Waals surface area contributed by atoms with Crippen molar-refractivity contribution in [1.29, 1.82) is 0 Å². The Labute approximate surface area is 88.3 Å². The highest BCUT2D eigenvalue weighted by Gasteiger charge is 2.37. The summed E-state index contributed by atoms with van der Waals surface area (Å²) in [6, 6.07) is 0.159. The third kappa shape index (κ3) is 1.97. The second-order valence-electron chi connectivity index (χ2n) is 4.01. The van der Waals surface area contributed by atoms with Crippen molar-refractivity contribution >= 4 is 11.9 Å². The zero-order chi connectivity index (χ0) is 10.8. The van der Waals surface area contributed by atoms with E-state index in [-0.39, 0.29) is 30.4 Å². The van der Waals surface area contributed by atoms with E-state index >= 15 is 0 Å². The Bertz CT molecular complexity index is 279. The maximum absolute atomic E-state index is 11.5. The molecule has 5 heteroatoms. The van der Waals surface area contributed by atoms with Crippen LogP contribution in [0.2, 0.25) is 0 Å². The Morgan fingerprint density at radius 1 is 1.53 bits per heavy atom. The average Bonchev–Trinajstić information content (AvgIpc) is 2.28. The minimum absolute atomic E-state index is 0.0140. The lowest BCUT2D eigenvalue weighted by molar-refractivity contribution is -0.158. The van der Waals surface area contributed by atoms with E-state index in [1.165, 1.54) is 7.11 Å². The van der Waals surface area contributed by atoms with Crippen LogP contribution in [0.3, 0.4) is 0 Å². The molecule has 0 unspecified atom stereocenters. The fraction of sp³-hybridized carbons (Fsp3) is 0.800. The van der Waals surface area contributed by atoms with Gasteiger partial charge in [0.2, 0.25) is 5.91 Å². The second-order valence-corrected chi connectivity index (χ2v) is 4.01. The molecular weight excluding hydrogens is 198 g/mol. The monoisotopic (exact) mass is 213 g/mol. The van der Waals surface area contributed by atoms with Crippen molar-refractivity contribution in [3.05, 3.63) is 0 Å². The standard InChI is InChI=1S/C10H15NO4/c1-14-10(13)7-2-3-8-5-15-6-9(12)11(8)4-7/h7-8H,2-6H2,1H3/t7-,8+/m0/s1. The number of methoxy groups -OCH3 is 1. The first-order chi connectivity index (χ1) is 7.22. The maximum Gasteiger partial charge on any atom is 0.310 e. The van der Waals surface area contributed by atoms with E-state index < -0.39 is 0 Å². The highest BCUT2D eigenvalue weighted by Crippen LogP contribution is 2.25. The fourth-order valence-corrected chi connectivity index (χ4v) is 2.23. The number of piperidine rings is 1. The lowest BCUT2D eigenvalue weighted by atomic mass is 9.92. The van der Waals surface area contributed by atoms with E-state index in [0.29, 0.717) is 13.2 Å². The molecule has 2 fully saturated rings. The Morgan fingerprint density at radius 3 is 3.07 bits per heavy atom. The predicted molar refractivity (Wildman–Crippen MR) is 51.1 cm³/mol. The van der Waals surface area contributed by atoms with E-state index in [0.717, 1.165) is 12.8 Å². The fourth-order valence-electron chi connectivity index (χ4n) is 2.23. The van der Waals surface area contributed by atoms with Gasteiger partial charge in [0, 0.05) is 6.54 Å². The van der Waals surface area contributed by atoms with Crippen LogP contribution in [0.25, 0.3) is 0 Å². The lowest BCUT2D eigenvalue weighted by Gasteiger charge is -2.41. The number of fused-ring (bicyclic) bond motifs is 1. The van der Waals surface area contributed by atoms with Crippen molar-refractivity contribution in [3.8, 4) is 0 Å². The lowest BCUT2D eigenvalue weighted by Crippen LogP contribution is -2.54. The number of amides is 1. The van der Waals surface area contributed by atoms with Gasteiger partial charge in [0.25, 0.3) is 0 Å². The highest BCUT2D eigenvalue weighted by molar-refractivity contribution is 5.80. The van der Waals surface area contributed by atoms with Gasteiger partial charge in [-0.15, -0.1) is 0 Å². The highest BCUT2D eigenvalue weighted by atomic mass is 16.5. The molecule has 2 aliphatic heterocycles. The zero-order valence-corrected chi connectivity index (χ0v) is 8.77. The van der Waals surface area contributed by atoms with Gasteiger partial charge in [0.1, 0.15) is 6.61 Å². The smallest absolute Gasteiger partial charge is 0.310 e. The van der Waals surface area contributed by atoms with Crippen LogP contribution in [0.1, 0.15) is 12.8 Å². The van der Waals surface area contributed by atoms with Crippen LogP contribution in [-0.4, -0.2) is 49.7 Å². The number of hydrogen-bond acceptors (Lipinski definition) is 4. The summed E-state index contributed by atoms with van der Waals surface area (Å²) >= 11 is 0. The Balaban J connectivity index is 2.02. The molecule has 0 aliphatic carbocycles. The molecule has 0 saturated carbocycles. The number of rotatable bonds is 1. The zero-order valence-electron chi connectivity index (χ0n) is 8.77. The number of esters is 1. The van der Waals surface area contributed by atoms with Gasteiger partial charge in [-0.25, -0.2) is 0 Å². The molecular formula is C10H15NO4. The largest absolute Gasteiger partial charge is 0.469 e. The third-order valence-corrected chi connectivity index (χ3v) is 3.10. The summed E-state index contributed by atoms with van der Waals surface area (Å²) in [6.07, 6.45) is 1.61. The number of carbonyl (C=O) groups is 2. The number of carbonyl (C=O) groups excluding carboxylic acids is 2. The van der Waals surface area contributed by atoms with Crippen LogP contribution in [0, 0.1) is 5.92 Å². The minimum atomic E-state index is -0.215. The molecule has 0 aromatic carbocycles. The van der Waals surface area contributed by atoms with Gasteiger partial charge < -0.3 is 14.4 Å². The van der Waals surface area contributed by atoms with Crippen LogP contribution >= 0.6 is 0 Å². The molecule has 2 rings (SSSR count). The number of hydrogen-bond donors (Lipinski definition) is 0. The predicted octanol–water partition coefficient (Wildman–Crippen LogP) is -0.203. The SMILES string of the molecule is COC(=O)[C@H]1CC[C@@H]2COCC(=O)N2C1. The molecule has 0 aromatic rings. The number of morpholine rings is 1. The van der Waals surface area contributed by atoms with Gasteiger partial charge >= 0.3 is 5.97 Å². The summed E-state index contributed by atoms with van der Waals surface area (Å²) in [5.41, 5.74) is 0. The van der Waals surface area contributed by atoms with Gasteiger partial charge in [0.05, 0.1) is 25.7 Å². The molecule has 84 valence electrons. The van der Waals surface area contributed by atoms with Gasteiger partial charge in [0.15, 0.2) is 0 Å². The first kappa shape index (κ1) is 10.4. The van der Waals surface area contributed by atoms with Gasteiger partial charge in [-0.2, -0.15) is 0 Å². The molecule has 15 heavy (non-hydrogen) atoms. The molecule has 0 radical (unpaired) electrons.